The number of aromatic nitrogens is 2. The number of furan rings is 1. The smallest absolute Gasteiger partial charge is 0.330 e. The summed E-state index contributed by atoms with van der Waals surface area (Å²) >= 11 is 0. The van der Waals surface area contributed by atoms with E-state index in [4.69, 9.17) is 19.6 Å². The quantitative estimate of drug-likeness (QED) is 0.718. The largest absolute Gasteiger partial charge is 0.494 e. The normalized spacial score (nSPS) is 13.4. The maximum Gasteiger partial charge on any atom is 0.330 e. The van der Waals surface area contributed by atoms with Gasteiger partial charge in [-0.1, -0.05) is 13.3 Å². The van der Waals surface area contributed by atoms with Crippen molar-refractivity contribution in [1.29, 1.82) is 0 Å². The average molecular weight is 390 g/mol. The second-order valence-electron chi connectivity index (χ2n) is 6.17. The summed E-state index contributed by atoms with van der Waals surface area (Å²) in [5.41, 5.74) is 4.61. The van der Waals surface area contributed by atoms with E-state index in [1.54, 1.807) is 12.1 Å². The fourth-order valence-electron chi connectivity index (χ4n) is 2.80. The Morgan fingerprint density at radius 2 is 2.18 bits per heavy atom. The van der Waals surface area contributed by atoms with E-state index in [0.717, 1.165) is 11.3 Å². The predicted molar refractivity (Wildman–Crippen MR) is 101 cm³/mol. The molecule has 3 rings (SSSR count). The highest BCUT2D eigenvalue weighted by atomic mass is 16.6. The summed E-state index contributed by atoms with van der Waals surface area (Å²) in [6, 6.07) is 3.32. The van der Waals surface area contributed by atoms with Crippen LogP contribution in [0, 0.1) is 0 Å². The van der Waals surface area contributed by atoms with Gasteiger partial charge in [0.05, 0.1) is 12.8 Å². The molecule has 0 aliphatic carbocycles. The van der Waals surface area contributed by atoms with Crippen LogP contribution in [-0.4, -0.2) is 28.7 Å². The summed E-state index contributed by atoms with van der Waals surface area (Å²) in [6.07, 6.45) is 4.16. The van der Waals surface area contributed by atoms with Gasteiger partial charge in [-0.15, -0.1) is 0 Å². The lowest BCUT2D eigenvalue weighted by molar-refractivity contribution is -0.120. The number of nitrogens with zero attached hydrogens (tertiary/aromatic N) is 2. The maximum absolute atomic E-state index is 13.1. The number of hydrogen-bond acceptors (Lipinski definition) is 7. The molecule has 1 aliphatic heterocycles. The Kier molecular flexibility index (Phi) is 5.87. The van der Waals surface area contributed by atoms with Crippen LogP contribution in [-0.2, 0) is 27.4 Å². The van der Waals surface area contributed by atoms with Crippen LogP contribution in [0.1, 0.15) is 25.5 Å². The Hall–Kier alpha value is -3.43. The van der Waals surface area contributed by atoms with Crippen molar-refractivity contribution in [2.45, 2.75) is 32.9 Å². The van der Waals surface area contributed by atoms with Crippen LogP contribution in [0.25, 0.3) is 0 Å². The van der Waals surface area contributed by atoms with E-state index in [9.17, 15) is 14.4 Å². The predicted octanol–water partition coefficient (Wildman–Crippen LogP) is 0.933. The van der Waals surface area contributed by atoms with Gasteiger partial charge in [0.2, 0.25) is 5.76 Å². The second kappa shape index (κ2) is 8.51. The Morgan fingerprint density at radius 1 is 1.36 bits per heavy atom. The molecule has 150 valence electrons. The molecule has 0 radical (unpaired) electrons. The number of amides is 1. The standard InChI is InChI=1S/C18H22N4O6/c1-2-3-6-21-15(19)14(16(23)20-18(21)25)22(10-12-5-4-7-27-12)17(24)13-11-26-8-9-28-13/h4-5,7,11H,2-3,6,8-10,19H2,1H3,(H,20,23,25). The monoisotopic (exact) mass is 390 g/mol. The molecule has 3 N–H and O–H groups in total. The Bertz CT molecular complexity index is 973. The molecule has 1 aliphatic rings. The van der Waals surface area contributed by atoms with Crippen molar-refractivity contribution in [2.24, 2.45) is 0 Å². The molecule has 1 amide bonds. The van der Waals surface area contributed by atoms with E-state index in [0.29, 0.717) is 25.3 Å². The molecule has 0 saturated heterocycles. The van der Waals surface area contributed by atoms with Crippen LogP contribution in [0.4, 0.5) is 11.5 Å². The fraction of sp³-hybridized carbons (Fsp3) is 0.389. The molecule has 2 aromatic rings. The number of rotatable bonds is 7. The molecule has 2 aromatic heterocycles. The van der Waals surface area contributed by atoms with Crippen molar-refractivity contribution in [3.8, 4) is 0 Å². The van der Waals surface area contributed by atoms with Gasteiger partial charge >= 0.3 is 5.69 Å². The molecule has 10 heteroatoms. The Balaban J connectivity index is 2.09. The number of nitrogens with two attached hydrogens (primary N) is 1. The molecule has 3 heterocycles. The number of unbranched alkanes of at least 4 members (excludes halogenated alkanes) is 1. The molecule has 0 bridgehead atoms. The number of nitrogen functional groups attached to an aromatic ring is 1. The molecule has 0 unspecified atom stereocenters. The lowest BCUT2D eigenvalue weighted by Gasteiger charge is -2.25. The summed E-state index contributed by atoms with van der Waals surface area (Å²) in [6.45, 7) is 2.73. The number of H-pyrrole nitrogens is 1. The van der Waals surface area contributed by atoms with E-state index in [1.165, 1.54) is 17.1 Å². The average Bonchev–Trinajstić information content (AvgIpc) is 3.20. The highest BCUT2D eigenvalue weighted by Gasteiger charge is 2.29. The van der Waals surface area contributed by atoms with Crippen LogP contribution >= 0.6 is 0 Å². The lowest BCUT2D eigenvalue weighted by atomic mass is 10.3. The molecule has 28 heavy (non-hydrogen) atoms. The maximum atomic E-state index is 13.1. The summed E-state index contributed by atoms with van der Waals surface area (Å²) in [7, 11) is 0. The first kappa shape index (κ1) is 19.3. The number of carbonyl (C=O) groups is 1. The van der Waals surface area contributed by atoms with Crippen LogP contribution in [0.3, 0.4) is 0 Å². The first-order valence-corrected chi connectivity index (χ1v) is 8.94. The topological polar surface area (TPSA) is 133 Å². The number of aromatic amines is 1. The minimum Gasteiger partial charge on any atom is -0.494 e. The SMILES string of the molecule is CCCCn1c(N)c(N(Cc2ccco2)C(=O)C2=COCCO2)c(=O)[nH]c1=O. The fourth-order valence-corrected chi connectivity index (χ4v) is 2.80. The molecule has 0 atom stereocenters. The van der Waals surface area contributed by atoms with Gasteiger partial charge in [0, 0.05) is 6.54 Å². The molecule has 0 saturated carbocycles. The van der Waals surface area contributed by atoms with Crippen molar-refractivity contribution >= 4 is 17.4 Å². The number of hydrogen-bond donors (Lipinski definition) is 2. The first-order chi connectivity index (χ1) is 13.5. The molecular weight excluding hydrogens is 368 g/mol. The summed E-state index contributed by atoms with van der Waals surface area (Å²) in [5, 5.41) is 0. The van der Waals surface area contributed by atoms with Gasteiger partial charge in [-0.05, 0) is 18.6 Å². The summed E-state index contributed by atoms with van der Waals surface area (Å²) in [5.74, 6) is -0.368. The van der Waals surface area contributed by atoms with Crippen molar-refractivity contribution < 1.29 is 18.7 Å². The molecular formula is C18H22N4O6. The second-order valence-corrected chi connectivity index (χ2v) is 6.17. The van der Waals surface area contributed by atoms with Gasteiger partial charge in [-0.3, -0.25) is 24.0 Å². The van der Waals surface area contributed by atoms with E-state index >= 15 is 0 Å². The van der Waals surface area contributed by atoms with E-state index in [2.05, 4.69) is 4.98 Å². The number of ether oxygens (including phenoxy) is 2. The van der Waals surface area contributed by atoms with Gasteiger partial charge in [0.25, 0.3) is 11.5 Å². The van der Waals surface area contributed by atoms with Crippen molar-refractivity contribution in [3.05, 3.63) is 57.0 Å². The number of anilines is 2. The zero-order chi connectivity index (χ0) is 20.1. The summed E-state index contributed by atoms with van der Waals surface area (Å²) in [4.78, 5) is 41.2. The Labute approximate surface area is 160 Å². The van der Waals surface area contributed by atoms with Crippen molar-refractivity contribution in [1.82, 2.24) is 9.55 Å². The highest BCUT2D eigenvalue weighted by molar-refractivity contribution is 6.05. The van der Waals surface area contributed by atoms with Crippen LogP contribution < -0.4 is 21.9 Å². The van der Waals surface area contributed by atoms with Crippen molar-refractivity contribution in [3.63, 3.8) is 0 Å². The molecule has 0 spiro atoms. The Morgan fingerprint density at radius 3 is 2.82 bits per heavy atom. The van der Waals surface area contributed by atoms with Crippen LogP contribution in [0.2, 0.25) is 0 Å². The summed E-state index contributed by atoms with van der Waals surface area (Å²) < 4.78 is 17.1. The number of carbonyl (C=O) groups excluding carboxylic acids is 1. The third-order valence-corrected chi connectivity index (χ3v) is 4.22. The van der Waals surface area contributed by atoms with Crippen LogP contribution in [0.5, 0.6) is 0 Å². The van der Waals surface area contributed by atoms with Gasteiger partial charge in [-0.25, -0.2) is 4.79 Å². The zero-order valence-corrected chi connectivity index (χ0v) is 15.5. The molecule has 10 nitrogen and oxygen atoms in total. The van der Waals surface area contributed by atoms with E-state index in [-0.39, 0.29) is 30.4 Å². The van der Waals surface area contributed by atoms with Gasteiger partial charge < -0.3 is 19.6 Å². The van der Waals surface area contributed by atoms with Crippen LogP contribution in [0.15, 0.2) is 44.4 Å². The first-order valence-electron chi connectivity index (χ1n) is 8.94. The van der Waals surface area contributed by atoms with E-state index < -0.39 is 17.2 Å². The minimum atomic E-state index is -0.771. The minimum absolute atomic E-state index is 0.0667. The number of nitrogens with one attached hydrogen (secondary N) is 1. The van der Waals surface area contributed by atoms with Crippen molar-refractivity contribution in [2.75, 3.05) is 23.8 Å². The third-order valence-electron chi connectivity index (χ3n) is 4.22. The van der Waals surface area contributed by atoms with Gasteiger partial charge in [0.1, 0.15) is 31.1 Å². The van der Waals surface area contributed by atoms with E-state index in [1.807, 2.05) is 6.92 Å². The lowest BCUT2D eigenvalue weighted by Crippen LogP contribution is -2.42. The molecule has 0 aromatic carbocycles. The third kappa shape index (κ3) is 3.95. The molecule has 0 fully saturated rings. The van der Waals surface area contributed by atoms with Gasteiger partial charge in [0.15, 0.2) is 5.69 Å². The highest BCUT2D eigenvalue weighted by Crippen LogP contribution is 2.23. The van der Waals surface area contributed by atoms with Gasteiger partial charge in [-0.2, -0.15) is 0 Å². The zero-order valence-electron chi connectivity index (χ0n) is 15.5.